The largest absolute Gasteiger partial charge is 0.478 e. The number of carboxylic acids is 1. The third-order valence-electron chi connectivity index (χ3n) is 4.51. The number of aromatic nitrogens is 1. The summed E-state index contributed by atoms with van der Waals surface area (Å²) in [6.07, 6.45) is 1.52. The van der Waals surface area contributed by atoms with Gasteiger partial charge < -0.3 is 19.3 Å². The molecule has 9 heteroatoms. The minimum absolute atomic E-state index is 0.103. The molecule has 32 heavy (non-hydrogen) atoms. The minimum Gasteiger partial charge on any atom is -0.478 e. The van der Waals surface area contributed by atoms with Crippen LogP contribution in [0.25, 0.3) is 0 Å². The van der Waals surface area contributed by atoms with Crippen molar-refractivity contribution in [3.63, 3.8) is 0 Å². The van der Waals surface area contributed by atoms with E-state index in [4.69, 9.17) is 37.4 Å². The summed E-state index contributed by atoms with van der Waals surface area (Å²) < 4.78 is 29.8. The van der Waals surface area contributed by atoms with Gasteiger partial charge in [-0.25, -0.2) is 14.2 Å². The summed E-state index contributed by atoms with van der Waals surface area (Å²) >= 11 is 11.9. The number of ether oxygens (including phenoxy) is 3. The number of hydrogen-bond donors (Lipinski definition) is 1. The molecule has 3 aromatic rings. The van der Waals surface area contributed by atoms with Crippen LogP contribution >= 0.6 is 23.2 Å². The van der Waals surface area contributed by atoms with E-state index in [1.54, 1.807) is 36.4 Å². The Kier molecular flexibility index (Phi) is 7.90. The number of carboxylic acid groups (broad SMARTS) is 1. The van der Waals surface area contributed by atoms with Crippen LogP contribution in [0.2, 0.25) is 10.0 Å². The Hall–Kier alpha value is -2.87. The first-order valence-corrected chi connectivity index (χ1v) is 10.3. The number of carbonyl (C=O) groups is 1. The van der Waals surface area contributed by atoms with E-state index >= 15 is 0 Å². The first kappa shape index (κ1) is 23.8. The summed E-state index contributed by atoms with van der Waals surface area (Å²) in [6, 6.07) is 13.8. The van der Waals surface area contributed by atoms with Crippen molar-refractivity contribution >= 4 is 29.2 Å². The van der Waals surface area contributed by atoms with Crippen molar-refractivity contribution in [3.05, 3.63) is 82.2 Å². The number of benzene rings is 2. The minimum atomic E-state index is -1.51. The van der Waals surface area contributed by atoms with Crippen molar-refractivity contribution in [2.24, 2.45) is 0 Å². The van der Waals surface area contributed by atoms with E-state index in [0.29, 0.717) is 16.5 Å². The molecule has 0 bridgehead atoms. The lowest BCUT2D eigenvalue weighted by atomic mass is 10.0. The maximum atomic E-state index is 12.9. The molecule has 0 aliphatic heterocycles. The SMILES string of the molecule is CC(CCOCc1ccc(F)cc1)(Oc1ccc(Oc2ncc(Cl)cc2Cl)cc1)C(=O)O. The molecular weight excluding hydrogens is 460 g/mol. The molecule has 0 saturated heterocycles. The smallest absolute Gasteiger partial charge is 0.347 e. The number of halogens is 3. The van der Waals surface area contributed by atoms with Crippen LogP contribution in [0, 0.1) is 5.82 Å². The Morgan fingerprint density at radius 2 is 1.75 bits per heavy atom. The van der Waals surface area contributed by atoms with Crippen LogP contribution in [0.4, 0.5) is 4.39 Å². The van der Waals surface area contributed by atoms with Gasteiger partial charge in [0.05, 0.1) is 18.2 Å². The fourth-order valence-electron chi connectivity index (χ4n) is 2.66. The second-order valence-electron chi connectivity index (χ2n) is 7.08. The Bertz CT molecular complexity index is 1060. The normalized spacial score (nSPS) is 12.8. The average molecular weight is 480 g/mol. The molecule has 0 amide bonds. The molecule has 1 aromatic heterocycles. The van der Waals surface area contributed by atoms with Gasteiger partial charge in [-0.05, 0) is 55.0 Å². The predicted molar refractivity (Wildman–Crippen MR) is 118 cm³/mol. The quantitative estimate of drug-likeness (QED) is 0.351. The summed E-state index contributed by atoms with van der Waals surface area (Å²) in [5.41, 5.74) is -0.720. The number of nitrogens with zero attached hydrogens (tertiary/aromatic N) is 1. The molecular formula is C23H20Cl2FNO5. The lowest BCUT2D eigenvalue weighted by molar-refractivity contribution is -0.155. The molecule has 1 atom stereocenters. The van der Waals surface area contributed by atoms with Gasteiger partial charge in [0.2, 0.25) is 11.5 Å². The summed E-state index contributed by atoms with van der Waals surface area (Å²) in [5.74, 6) is -0.479. The molecule has 1 heterocycles. The van der Waals surface area contributed by atoms with E-state index in [1.165, 1.54) is 31.3 Å². The predicted octanol–water partition coefficient (Wildman–Crippen LogP) is 6.15. The molecule has 3 rings (SSSR count). The monoisotopic (exact) mass is 479 g/mol. The van der Waals surface area contributed by atoms with E-state index < -0.39 is 11.6 Å². The second kappa shape index (κ2) is 10.6. The standard InChI is InChI=1S/C23H20Cl2FNO5/c1-23(22(28)29,10-11-30-14-15-2-4-17(26)5-3-15)32-19-8-6-18(7-9-19)31-21-20(25)12-16(24)13-27-21/h2-9,12-13H,10-11,14H2,1H3,(H,28,29). The summed E-state index contributed by atoms with van der Waals surface area (Å²) in [6.45, 7) is 1.85. The molecule has 2 aromatic carbocycles. The lowest BCUT2D eigenvalue weighted by Crippen LogP contribution is -2.42. The van der Waals surface area contributed by atoms with Crippen LogP contribution in [0.15, 0.2) is 60.8 Å². The van der Waals surface area contributed by atoms with Gasteiger partial charge in [0.15, 0.2) is 0 Å². The third-order valence-corrected chi connectivity index (χ3v) is 4.99. The molecule has 0 radical (unpaired) electrons. The second-order valence-corrected chi connectivity index (χ2v) is 7.92. The summed E-state index contributed by atoms with van der Waals surface area (Å²) in [7, 11) is 0. The molecule has 1 unspecified atom stereocenters. The summed E-state index contributed by atoms with van der Waals surface area (Å²) in [5, 5.41) is 10.3. The van der Waals surface area contributed by atoms with Crippen LogP contribution in [-0.4, -0.2) is 28.3 Å². The molecule has 0 aliphatic carbocycles. The van der Waals surface area contributed by atoms with Gasteiger partial charge in [-0.15, -0.1) is 0 Å². The maximum Gasteiger partial charge on any atom is 0.347 e. The van der Waals surface area contributed by atoms with Crippen molar-refractivity contribution in [1.29, 1.82) is 0 Å². The average Bonchev–Trinajstić information content (AvgIpc) is 2.76. The number of aliphatic carboxylic acids is 1. The van der Waals surface area contributed by atoms with E-state index in [0.717, 1.165) is 5.56 Å². The van der Waals surface area contributed by atoms with Crippen LogP contribution in [-0.2, 0) is 16.1 Å². The Morgan fingerprint density at radius 3 is 2.38 bits per heavy atom. The van der Waals surface area contributed by atoms with Crippen LogP contribution in [0.3, 0.4) is 0 Å². The number of pyridine rings is 1. The molecule has 6 nitrogen and oxygen atoms in total. The van der Waals surface area contributed by atoms with Crippen molar-refractivity contribution < 1.29 is 28.5 Å². The van der Waals surface area contributed by atoms with E-state index in [9.17, 15) is 14.3 Å². The first-order chi connectivity index (χ1) is 15.2. The van der Waals surface area contributed by atoms with Crippen molar-refractivity contribution in [2.75, 3.05) is 6.61 Å². The van der Waals surface area contributed by atoms with Crippen molar-refractivity contribution in [2.45, 2.75) is 25.6 Å². The fourth-order valence-corrected chi connectivity index (χ4v) is 3.08. The highest BCUT2D eigenvalue weighted by Crippen LogP contribution is 2.31. The van der Waals surface area contributed by atoms with Gasteiger partial charge in [0, 0.05) is 12.6 Å². The molecule has 0 aliphatic rings. The Balaban J connectivity index is 1.57. The Morgan fingerprint density at radius 1 is 1.09 bits per heavy atom. The first-order valence-electron chi connectivity index (χ1n) is 9.59. The highest BCUT2D eigenvalue weighted by molar-refractivity contribution is 6.35. The van der Waals surface area contributed by atoms with E-state index in [2.05, 4.69) is 4.98 Å². The highest BCUT2D eigenvalue weighted by atomic mass is 35.5. The van der Waals surface area contributed by atoms with Crippen molar-refractivity contribution in [1.82, 2.24) is 4.98 Å². The molecule has 0 saturated carbocycles. The summed E-state index contributed by atoms with van der Waals surface area (Å²) in [4.78, 5) is 15.8. The topological polar surface area (TPSA) is 77.9 Å². The van der Waals surface area contributed by atoms with Gasteiger partial charge in [0.1, 0.15) is 22.3 Å². The number of hydrogen-bond acceptors (Lipinski definition) is 5. The van der Waals surface area contributed by atoms with Crippen LogP contribution in [0.5, 0.6) is 17.4 Å². The van der Waals surface area contributed by atoms with E-state index in [-0.39, 0.29) is 36.4 Å². The zero-order valence-electron chi connectivity index (χ0n) is 17.1. The zero-order valence-corrected chi connectivity index (χ0v) is 18.6. The zero-order chi connectivity index (χ0) is 23.1. The number of rotatable bonds is 10. The van der Waals surface area contributed by atoms with E-state index in [1.807, 2.05) is 0 Å². The van der Waals surface area contributed by atoms with Crippen LogP contribution in [0.1, 0.15) is 18.9 Å². The third kappa shape index (κ3) is 6.56. The van der Waals surface area contributed by atoms with Gasteiger partial charge in [-0.1, -0.05) is 35.3 Å². The fraction of sp³-hybridized carbons (Fsp3) is 0.217. The molecule has 168 valence electrons. The molecule has 1 N–H and O–H groups in total. The van der Waals surface area contributed by atoms with Gasteiger partial charge in [0.25, 0.3) is 0 Å². The van der Waals surface area contributed by atoms with Gasteiger partial charge >= 0.3 is 5.97 Å². The molecule has 0 spiro atoms. The lowest BCUT2D eigenvalue weighted by Gasteiger charge is -2.26. The van der Waals surface area contributed by atoms with Gasteiger partial charge in [-0.2, -0.15) is 0 Å². The van der Waals surface area contributed by atoms with Crippen molar-refractivity contribution in [3.8, 4) is 17.4 Å². The maximum absolute atomic E-state index is 12.9. The van der Waals surface area contributed by atoms with Crippen LogP contribution < -0.4 is 9.47 Å². The highest BCUT2D eigenvalue weighted by Gasteiger charge is 2.35. The molecule has 0 fully saturated rings. The Labute approximate surface area is 194 Å². The van der Waals surface area contributed by atoms with Gasteiger partial charge in [-0.3, -0.25) is 0 Å².